The van der Waals surface area contributed by atoms with Gasteiger partial charge in [-0.15, -0.1) is 0 Å². The summed E-state index contributed by atoms with van der Waals surface area (Å²) in [6.07, 6.45) is 2.70. The van der Waals surface area contributed by atoms with Gasteiger partial charge in [-0.2, -0.15) is 0 Å². The van der Waals surface area contributed by atoms with Gasteiger partial charge in [0.25, 0.3) is 0 Å². The third kappa shape index (κ3) is 3.25. The Morgan fingerprint density at radius 2 is 2.23 bits per heavy atom. The third-order valence-electron chi connectivity index (χ3n) is 2.94. The molecule has 0 aliphatic carbocycles. The lowest BCUT2D eigenvalue weighted by Crippen LogP contribution is -2.49. The van der Waals surface area contributed by atoms with Crippen molar-refractivity contribution in [1.29, 1.82) is 0 Å². The number of ether oxygens (including phenoxy) is 1. The summed E-state index contributed by atoms with van der Waals surface area (Å²) < 4.78 is 5.25. The van der Waals surface area contributed by atoms with Crippen LogP contribution in [-0.4, -0.2) is 43.3 Å². The molecule has 0 radical (unpaired) electrons. The highest BCUT2D eigenvalue weighted by Gasteiger charge is 2.23. The molecule has 1 aliphatic rings. The number of nitrogens with zero attached hydrogens (tertiary/aromatic N) is 1. The highest BCUT2D eigenvalue weighted by atomic mass is 16.5. The molecule has 3 heteroatoms. The highest BCUT2D eigenvalue weighted by molar-refractivity contribution is 4.81. The van der Waals surface area contributed by atoms with Gasteiger partial charge in [0.15, 0.2) is 0 Å². The van der Waals surface area contributed by atoms with Crippen LogP contribution in [0.1, 0.15) is 26.7 Å². The van der Waals surface area contributed by atoms with Crippen LogP contribution >= 0.6 is 0 Å². The summed E-state index contributed by atoms with van der Waals surface area (Å²) in [5.41, 5.74) is 5.92. The number of hydrogen-bond acceptors (Lipinski definition) is 3. The maximum atomic E-state index is 5.92. The SMILES string of the molecule is COC(C)CN1CC(N)CCC1C. The van der Waals surface area contributed by atoms with Gasteiger partial charge in [0.2, 0.25) is 0 Å². The van der Waals surface area contributed by atoms with Gasteiger partial charge >= 0.3 is 0 Å². The van der Waals surface area contributed by atoms with E-state index < -0.39 is 0 Å². The summed E-state index contributed by atoms with van der Waals surface area (Å²) in [4.78, 5) is 2.43. The minimum absolute atomic E-state index is 0.313. The van der Waals surface area contributed by atoms with Crippen molar-refractivity contribution in [2.24, 2.45) is 5.73 Å². The molecule has 0 aromatic heterocycles. The fourth-order valence-corrected chi connectivity index (χ4v) is 1.87. The fraction of sp³-hybridized carbons (Fsp3) is 1.00. The van der Waals surface area contributed by atoms with Gasteiger partial charge in [-0.1, -0.05) is 0 Å². The van der Waals surface area contributed by atoms with Crippen molar-refractivity contribution in [2.45, 2.75) is 44.9 Å². The quantitative estimate of drug-likeness (QED) is 0.709. The second-order valence-electron chi connectivity index (χ2n) is 4.19. The summed E-state index contributed by atoms with van der Waals surface area (Å²) >= 11 is 0. The Hall–Kier alpha value is -0.120. The van der Waals surface area contributed by atoms with Crippen molar-refractivity contribution in [2.75, 3.05) is 20.2 Å². The molecule has 2 N–H and O–H groups in total. The van der Waals surface area contributed by atoms with Crippen molar-refractivity contribution < 1.29 is 4.74 Å². The summed E-state index contributed by atoms with van der Waals surface area (Å²) in [6, 6.07) is 1.03. The minimum atomic E-state index is 0.313. The van der Waals surface area contributed by atoms with Crippen LogP contribution in [0.4, 0.5) is 0 Å². The standard InChI is InChI=1S/C10H22N2O/c1-8-4-5-10(11)7-12(8)6-9(2)13-3/h8-10H,4-7,11H2,1-3H3. The van der Waals surface area contributed by atoms with Gasteiger partial charge in [-0.3, -0.25) is 4.90 Å². The van der Waals surface area contributed by atoms with E-state index in [9.17, 15) is 0 Å². The van der Waals surface area contributed by atoms with E-state index in [2.05, 4.69) is 18.7 Å². The third-order valence-corrected chi connectivity index (χ3v) is 2.94. The Kier molecular flexibility index (Phi) is 4.16. The zero-order valence-electron chi connectivity index (χ0n) is 8.99. The fourth-order valence-electron chi connectivity index (χ4n) is 1.87. The van der Waals surface area contributed by atoms with E-state index in [-0.39, 0.29) is 0 Å². The van der Waals surface area contributed by atoms with Crippen molar-refractivity contribution >= 4 is 0 Å². The number of methoxy groups -OCH3 is 1. The second kappa shape index (κ2) is 4.94. The molecular weight excluding hydrogens is 164 g/mol. The lowest BCUT2D eigenvalue weighted by molar-refractivity contribution is 0.0464. The Bertz CT molecular complexity index is 152. The molecule has 0 spiro atoms. The molecule has 1 rings (SSSR count). The predicted octanol–water partition coefficient (Wildman–Crippen LogP) is 0.833. The van der Waals surface area contributed by atoms with Gasteiger partial charge < -0.3 is 10.5 Å². The molecule has 1 saturated heterocycles. The molecule has 0 aromatic carbocycles. The van der Waals surface area contributed by atoms with Crippen LogP contribution in [0, 0.1) is 0 Å². The maximum absolute atomic E-state index is 5.92. The summed E-state index contributed by atoms with van der Waals surface area (Å²) in [5, 5.41) is 0. The average Bonchev–Trinajstić information content (AvgIpc) is 2.11. The van der Waals surface area contributed by atoms with Crippen molar-refractivity contribution in [3.8, 4) is 0 Å². The number of nitrogens with two attached hydrogens (primary N) is 1. The van der Waals surface area contributed by atoms with E-state index in [0.29, 0.717) is 18.2 Å². The molecule has 3 atom stereocenters. The molecule has 1 fully saturated rings. The summed E-state index contributed by atoms with van der Waals surface area (Å²) in [6.45, 7) is 6.40. The minimum Gasteiger partial charge on any atom is -0.380 e. The van der Waals surface area contributed by atoms with Gasteiger partial charge in [0, 0.05) is 32.3 Å². The number of piperidine rings is 1. The molecule has 0 amide bonds. The summed E-state index contributed by atoms with van der Waals surface area (Å²) in [5.74, 6) is 0. The van der Waals surface area contributed by atoms with Crippen LogP contribution in [0.15, 0.2) is 0 Å². The first-order valence-corrected chi connectivity index (χ1v) is 5.16. The summed E-state index contributed by atoms with van der Waals surface area (Å²) in [7, 11) is 1.76. The van der Waals surface area contributed by atoms with E-state index in [1.807, 2.05) is 0 Å². The van der Waals surface area contributed by atoms with E-state index in [4.69, 9.17) is 10.5 Å². The van der Waals surface area contributed by atoms with E-state index in [1.165, 1.54) is 12.8 Å². The molecule has 0 saturated carbocycles. The number of likely N-dealkylation sites (tertiary alicyclic amines) is 1. The Morgan fingerprint density at radius 3 is 2.85 bits per heavy atom. The first-order valence-electron chi connectivity index (χ1n) is 5.16. The normalized spacial score (nSPS) is 33.2. The van der Waals surface area contributed by atoms with Gasteiger partial charge in [-0.05, 0) is 26.7 Å². The Balaban J connectivity index is 2.37. The largest absolute Gasteiger partial charge is 0.380 e. The molecule has 78 valence electrons. The lowest BCUT2D eigenvalue weighted by Gasteiger charge is -2.37. The van der Waals surface area contributed by atoms with Crippen LogP contribution < -0.4 is 5.73 Å². The highest BCUT2D eigenvalue weighted by Crippen LogP contribution is 2.16. The lowest BCUT2D eigenvalue weighted by atomic mass is 10.00. The first kappa shape index (κ1) is 11.0. The molecular formula is C10H22N2O. The van der Waals surface area contributed by atoms with Gasteiger partial charge in [-0.25, -0.2) is 0 Å². The molecule has 13 heavy (non-hydrogen) atoms. The van der Waals surface area contributed by atoms with Crippen LogP contribution in [0.3, 0.4) is 0 Å². The molecule has 1 heterocycles. The van der Waals surface area contributed by atoms with Crippen LogP contribution in [0.2, 0.25) is 0 Å². The van der Waals surface area contributed by atoms with Gasteiger partial charge in [0.05, 0.1) is 6.10 Å². The van der Waals surface area contributed by atoms with E-state index >= 15 is 0 Å². The second-order valence-corrected chi connectivity index (χ2v) is 4.19. The van der Waals surface area contributed by atoms with Gasteiger partial charge in [0.1, 0.15) is 0 Å². The first-order chi connectivity index (χ1) is 6.13. The predicted molar refractivity (Wildman–Crippen MR) is 54.7 cm³/mol. The zero-order chi connectivity index (χ0) is 9.84. The Labute approximate surface area is 81.2 Å². The molecule has 1 aliphatic heterocycles. The van der Waals surface area contributed by atoms with Crippen molar-refractivity contribution in [3.63, 3.8) is 0 Å². The van der Waals surface area contributed by atoms with Crippen LogP contribution in [-0.2, 0) is 4.74 Å². The average molecular weight is 186 g/mol. The van der Waals surface area contributed by atoms with E-state index in [0.717, 1.165) is 13.1 Å². The van der Waals surface area contributed by atoms with Crippen LogP contribution in [0.5, 0.6) is 0 Å². The topological polar surface area (TPSA) is 38.5 Å². The molecule has 0 bridgehead atoms. The zero-order valence-corrected chi connectivity index (χ0v) is 8.99. The maximum Gasteiger partial charge on any atom is 0.0670 e. The molecule has 3 unspecified atom stereocenters. The smallest absolute Gasteiger partial charge is 0.0670 e. The van der Waals surface area contributed by atoms with Crippen LogP contribution in [0.25, 0.3) is 0 Å². The van der Waals surface area contributed by atoms with Crippen molar-refractivity contribution in [3.05, 3.63) is 0 Å². The Morgan fingerprint density at radius 1 is 1.54 bits per heavy atom. The molecule has 0 aromatic rings. The number of hydrogen-bond donors (Lipinski definition) is 1. The van der Waals surface area contributed by atoms with E-state index in [1.54, 1.807) is 7.11 Å². The monoisotopic (exact) mass is 186 g/mol. The molecule has 3 nitrogen and oxygen atoms in total. The van der Waals surface area contributed by atoms with Crippen molar-refractivity contribution in [1.82, 2.24) is 4.90 Å². The number of rotatable bonds is 3.